The molecule has 0 radical (unpaired) electrons. The van der Waals surface area contributed by atoms with Gasteiger partial charge in [0.15, 0.2) is 0 Å². The van der Waals surface area contributed by atoms with Crippen LogP contribution < -0.4 is 5.73 Å². The maximum absolute atomic E-state index is 12.1. The van der Waals surface area contributed by atoms with Crippen molar-refractivity contribution in [2.45, 2.75) is 32.9 Å². The average Bonchev–Trinajstić information content (AvgIpc) is 2.41. The number of hydrogen-bond donors (Lipinski definition) is 1. The Morgan fingerprint density at radius 1 is 1.25 bits per heavy atom. The summed E-state index contributed by atoms with van der Waals surface area (Å²) in [6.45, 7) is 4.53. The van der Waals surface area contributed by atoms with Gasteiger partial charge in [0.1, 0.15) is 6.61 Å². The number of benzene rings is 1. The predicted molar refractivity (Wildman–Crippen MR) is 76.8 cm³/mol. The molecule has 5 nitrogen and oxygen atoms in total. The van der Waals surface area contributed by atoms with E-state index < -0.39 is 5.91 Å². The van der Waals surface area contributed by atoms with Crippen molar-refractivity contribution in [3.05, 3.63) is 35.9 Å². The summed E-state index contributed by atoms with van der Waals surface area (Å²) < 4.78 is 5.32. The lowest BCUT2D eigenvalue weighted by molar-refractivity contribution is -0.138. The van der Waals surface area contributed by atoms with E-state index in [1.165, 1.54) is 0 Å². The van der Waals surface area contributed by atoms with E-state index >= 15 is 0 Å². The summed E-state index contributed by atoms with van der Waals surface area (Å²) in [7, 11) is 0. The molecule has 0 heterocycles. The Kier molecular flexibility index (Phi) is 6.73. The first kappa shape index (κ1) is 16.2. The van der Waals surface area contributed by atoms with E-state index in [9.17, 15) is 9.59 Å². The van der Waals surface area contributed by atoms with Crippen LogP contribution in [0.25, 0.3) is 0 Å². The Balaban J connectivity index is 2.63. The monoisotopic (exact) mass is 278 g/mol. The largest absolute Gasteiger partial charge is 0.370 e. The summed E-state index contributed by atoms with van der Waals surface area (Å²) in [5.74, 6) is -0.551. The third-order valence-corrected chi connectivity index (χ3v) is 2.74. The molecule has 0 atom stereocenters. The van der Waals surface area contributed by atoms with Gasteiger partial charge in [0.05, 0.1) is 6.10 Å². The number of nitrogens with zero attached hydrogens (tertiary/aromatic N) is 1. The number of rotatable bonds is 8. The van der Waals surface area contributed by atoms with Crippen molar-refractivity contribution in [2.75, 3.05) is 13.2 Å². The summed E-state index contributed by atoms with van der Waals surface area (Å²) in [6, 6.07) is 9.62. The van der Waals surface area contributed by atoms with E-state index in [1.54, 1.807) is 4.90 Å². The molecule has 0 aliphatic rings. The first-order valence-corrected chi connectivity index (χ1v) is 6.70. The highest BCUT2D eigenvalue weighted by Gasteiger charge is 2.15. The summed E-state index contributed by atoms with van der Waals surface area (Å²) >= 11 is 0. The Morgan fingerprint density at radius 2 is 1.90 bits per heavy atom. The van der Waals surface area contributed by atoms with Crippen molar-refractivity contribution in [1.82, 2.24) is 4.90 Å². The second-order valence-corrected chi connectivity index (χ2v) is 4.88. The molecule has 0 aliphatic carbocycles. The van der Waals surface area contributed by atoms with Crippen LogP contribution in [0.4, 0.5) is 0 Å². The third-order valence-electron chi connectivity index (χ3n) is 2.74. The second-order valence-electron chi connectivity index (χ2n) is 4.88. The fourth-order valence-corrected chi connectivity index (χ4v) is 1.67. The van der Waals surface area contributed by atoms with Gasteiger partial charge in [-0.1, -0.05) is 30.3 Å². The van der Waals surface area contributed by atoms with Crippen LogP contribution in [0.1, 0.15) is 25.8 Å². The standard InChI is InChI=1S/C15H22N2O3/c1-12(2)20-11-15(19)17(9-8-14(16)18)10-13-6-4-3-5-7-13/h3-7,12H,8-11H2,1-2H3,(H2,16,18). The molecule has 2 N–H and O–H groups in total. The van der Waals surface area contributed by atoms with E-state index in [1.807, 2.05) is 44.2 Å². The van der Waals surface area contributed by atoms with Gasteiger partial charge in [-0.2, -0.15) is 0 Å². The molecular weight excluding hydrogens is 256 g/mol. The van der Waals surface area contributed by atoms with Crippen molar-refractivity contribution in [3.63, 3.8) is 0 Å². The molecule has 5 heteroatoms. The highest BCUT2D eigenvalue weighted by molar-refractivity contribution is 5.79. The second kappa shape index (κ2) is 8.32. The molecule has 110 valence electrons. The normalized spacial score (nSPS) is 10.6. The molecule has 0 spiro atoms. The topological polar surface area (TPSA) is 72.6 Å². The van der Waals surface area contributed by atoms with E-state index in [0.717, 1.165) is 5.56 Å². The van der Waals surface area contributed by atoms with Crippen LogP contribution >= 0.6 is 0 Å². The van der Waals surface area contributed by atoms with E-state index in [2.05, 4.69) is 0 Å². The van der Waals surface area contributed by atoms with Gasteiger partial charge >= 0.3 is 0 Å². The quantitative estimate of drug-likeness (QED) is 0.779. The molecule has 20 heavy (non-hydrogen) atoms. The lowest BCUT2D eigenvalue weighted by Gasteiger charge is -2.23. The minimum atomic E-state index is -0.416. The number of amides is 2. The number of carbonyl (C=O) groups is 2. The minimum Gasteiger partial charge on any atom is -0.370 e. The van der Waals surface area contributed by atoms with Crippen molar-refractivity contribution < 1.29 is 14.3 Å². The molecule has 0 unspecified atom stereocenters. The lowest BCUT2D eigenvalue weighted by atomic mass is 10.2. The highest BCUT2D eigenvalue weighted by atomic mass is 16.5. The van der Waals surface area contributed by atoms with Gasteiger partial charge in [0.25, 0.3) is 0 Å². The Morgan fingerprint density at radius 3 is 2.45 bits per heavy atom. The van der Waals surface area contributed by atoms with Crippen molar-refractivity contribution in [2.24, 2.45) is 5.73 Å². The molecule has 0 saturated heterocycles. The smallest absolute Gasteiger partial charge is 0.248 e. The molecule has 1 aromatic rings. The van der Waals surface area contributed by atoms with Crippen LogP contribution in [-0.4, -0.2) is 36.0 Å². The van der Waals surface area contributed by atoms with Crippen molar-refractivity contribution in [3.8, 4) is 0 Å². The Labute approximate surface area is 119 Å². The van der Waals surface area contributed by atoms with Gasteiger partial charge in [0, 0.05) is 19.5 Å². The SMILES string of the molecule is CC(C)OCC(=O)N(CCC(N)=O)Cc1ccccc1. The molecule has 1 aromatic carbocycles. The fourth-order valence-electron chi connectivity index (χ4n) is 1.67. The highest BCUT2D eigenvalue weighted by Crippen LogP contribution is 2.06. The third kappa shape index (κ3) is 6.33. The van der Waals surface area contributed by atoms with Gasteiger partial charge in [-0.15, -0.1) is 0 Å². The predicted octanol–water partition coefficient (Wildman–Crippen LogP) is 1.32. The Hall–Kier alpha value is -1.88. The number of nitrogens with two attached hydrogens (primary N) is 1. The maximum atomic E-state index is 12.1. The van der Waals surface area contributed by atoms with E-state index in [-0.39, 0.29) is 25.0 Å². The Bertz CT molecular complexity index is 432. The number of hydrogen-bond acceptors (Lipinski definition) is 3. The number of primary amides is 1. The molecule has 0 aromatic heterocycles. The summed E-state index contributed by atoms with van der Waals surface area (Å²) in [6.07, 6.45) is 0.147. The number of ether oxygens (including phenoxy) is 1. The summed E-state index contributed by atoms with van der Waals surface area (Å²) in [4.78, 5) is 24.6. The molecular formula is C15H22N2O3. The maximum Gasteiger partial charge on any atom is 0.248 e. The molecule has 0 aliphatic heterocycles. The first-order valence-electron chi connectivity index (χ1n) is 6.70. The van der Waals surface area contributed by atoms with Gasteiger partial charge in [-0.05, 0) is 19.4 Å². The van der Waals surface area contributed by atoms with Crippen LogP contribution in [0.2, 0.25) is 0 Å². The summed E-state index contributed by atoms with van der Waals surface area (Å²) in [5, 5.41) is 0. The molecule has 0 saturated carbocycles. The van der Waals surface area contributed by atoms with Crippen molar-refractivity contribution >= 4 is 11.8 Å². The zero-order chi connectivity index (χ0) is 15.0. The fraction of sp³-hybridized carbons (Fsp3) is 0.467. The zero-order valence-electron chi connectivity index (χ0n) is 12.0. The van der Waals surface area contributed by atoms with Gasteiger partial charge in [-0.25, -0.2) is 0 Å². The number of carbonyl (C=O) groups excluding carboxylic acids is 2. The van der Waals surface area contributed by atoms with Gasteiger partial charge in [-0.3, -0.25) is 9.59 Å². The molecule has 2 amide bonds. The van der Waals surface area contributed by atoms with Gasteiger partial charge in [0.2, 0.25) is 11.8 Å². The zero-order valence-corrected chi connectivity index (χ0v) is 12.0. The van der Waals surface area contributed by atoms with Crippen LogP contribution in [0, 0.1) is 0 Å². The molecule has 0 bridgehead atoms. The summed E-state index contributed by atoms with van der Waals surface area (Å²) in [5.41, 5.74) is 6.16. The van der Waals surface area contributed by atoms with Crippen LogP contribution in [-0.2, 0) is 20.9 Å². The van der Waals surface area contributed by atoms with Crippen LogP contribution in [0.15, 0.2) is 30.3 Å². The van der Waals surface area contributed by atoms with Gasteiger partial charge < -0.3 is 15.4 Å². The van der Waals surface area contributed by atoms with E-state index in [0.29, 0.717) is 13.1 Å². The molecule has 1 rings (SSSR count). The average molecular weight is 278 g/mol. The lowest BCUT2D eigenvalue weighted by Crippen LogP contribution is -2.36. The van der Waals surface area contributed by atoms with Crippen LogP contribution in [0.3, 0.4) is 0 Å². The van der Waals surface area contributed by atoms with Crippen molar-refractivity contribution in [1.29, 1.82) is 0 Å². The van der Waals surface area contributed by atoms with E-state index in [4.69, 9.17) is 10.5 Å². The van der Waals surface area contributed by atoms with Crippen LogP contribution in [0.5, 0.6) is 0 Å². The first-order chi connectivity index (χ1) is 9.49. The molecule has 0 fully saturated rings. The minimum absolute atomic E-state index is 0.00587.